The van der Waals surface area contributed by atoms with Gasteiger partial charge in [-0.15, -0.1) is 0 Å². The van der Waals surface area contributed by atoms with E-state index in [1.165, 1.54) is 11.1 Å². The lowest BCUT2D eigenvalue weighted by atomic mass is 9.76. The summed E-state index contributed by atoms with van der Waals surface area (Å²) in [6.07, 6.45) is 4.23. The summed E-state index contributed by atoms with van der Waals surface area (Å²) in [5.41, 5.74) is 2.62. The quantitative estimate of drug-likeness (QED) is 0.305. The molecule has 0 N–H and O–H groups in total. The first-order valence-electron chi connectivity index (χ1n) is 9.87. The van der Waals surface area contributed by atoms with Gasteiger partial charge >= 0.3 is 0 Å². The van der Waals surface area contributed by atoms with E-state index in [-0.39, 0.29) is 5.41 Å². The normalized spacial score (nSPS) is 13.1. The lowest BCUT2D eigenvalue weighted by Gasteiger charge is -2.29. The van der Waals surface area contributed by atoms with E-state index in [1.807, 2.05) is 42.5 Å². The van der Waals surface area contributed by atoms with E-state index in [1.54, 1.807) is 0 Å². The molecule has 0 saturated carbocycles. The molecule has 0 spiro atoms. The van der Waals surface area contributed by atoms with E-state index in [9.17, 15) is 0 Å². The van der Waals surface area contributed by atoms with E-state index in [2.05, 4.69) is 54.0 Å². The molecule has 4 heteroatoms. The molecule has 1 nitrogen and oxygen atoms in total. The van der Waals surface area contributed by atoms with Crippen molar-refractivity contribution in [2.24, 2.45) is 0 Å². The second-order valence-electron chi connectivity index (χ2n) is 7.60. The zero-order valence-electron chi connectivity index (χ0n) is 16.7. The van der Waals surface area contributed by atoms with Crippen LogP contribution in [0.4, 0.5) is 0 Å². The van der Waals surface area contributed by atoms with Gasteiger partial charge in [0.25, 0.3) is 0 Å². The predicted molar refractivity (Wildman–Crippen MR) is 128 cm³/mol. The predicted octanol–water partition coefficient (Wildman–Crippen LogP) is 9.24. The fourth-order valence-electron chi connectivity index (χ4n) is 3.48. The number of halogens is 3. The Bertz CT molecular complexity index is 955. The fourth-order valence-corrected chi connectivity index (χ4v) is 4.05. The summed E-state index contributed by atoms with van der Waals surface area (Å²) >= 11 is 15.8. The number of hydrogen-bond acceptors (Lipinski definition) is 1. The van der Waals surface area contributed by atoms with Crippen LogP contribution in [0.5, 0.6) is 11.5 Å². The lowest BCUT2D eigenvalue weighted by Crippen LogP contribution is -2.21. The first kappa shape index (κ1) is 22.2. The van der Waals surface area contributed by atoms with Gasteiger partial charge < -0.3 is 4.74 Å². The van der Waals surface area contributed by atoms with Gasteiger partial charge in [-0.1, -0.05) is 71.2 Å². The average molecular weight is 492 g/mol. The molecule has 0 heterocycles. The van der Waals surface area contributed by atoms with Crippen LogP contribution in [-0.2, 0) is 11.8 Å². The van der Waals surface area contributed by atoms with Crippen molar-refractivity contribution in [1.29, 1.82) is 0 Å². The fraction of sp³-hybridized carbons (Fsp3) is 0.280. The van der Waals surface area contributed by atoms with Gasteiger partial charge in [-0.05, 0) is 90.8 Å². The Morgan fingerprint density at radius 3 is 2.34 bits per heavy atom. The van der Waals surface area contributed by atoms with Crippen LogP contribution >= 0.6 is 39.1 Å². The number of benzene rings is 3. The molecule has 1 unspecified atom stereocenters. The van der Waals surface area contributed by atoms with Crippen LogP contribution in [0.2, 0.25) is 10.0 Å². The highest BCUT2D eigenvalue weighted by molar-refractivity contribution is 9.10. The highest BCUT2D eigenvalue weighted by atomic mass is 79.9. The van der Waals surface area contributed by atoms with Gasteiger partial charge in [0.1, 0.15) is 11.5 Å². The smallest absolute Gasteiger partial charge is 0.127 e. The molecule has 0 aromatic heterocycles. The summed E-state index contributed by atoms with van der Waals surface area (Å²) in [4.78, 5) is 0. The molecule has 152 valence electrons. The SMILES string of the molecule is CCC(C)(CCCc1cccc(Oc2ccc(Br)cc2)c1)c1ccc(Cl)c(Cl)c1. The number of hydrogen-bond donors (Lipinski definition) is 0. The highest BCUT2D eigenvalue weighted by Crippen LogP contribution is 2.36. The van der Waals surface area contributed by atoms with E-state index in [0.717, 1.165) is 41.7 Å². The minimum Gasteiger partial charge on any atom is -0.457 e. The van der Waals surface area contributed by atoms with Crippen LogP contribution in [0.1, 0.15) is 44.2 Å². The van der Waals surface area contributed by atoms with Gasteiger partial charge in [0.2, 0.25) is 0 Å². The molecule has 0 aliphatic heterocycles. The van der Waals surface area contributed by atoms with Gasteiger partial charge in [0.15, 0.2) is 0 Å². The summed E-state index contributed by atoms with van der Waals surface area (Å²) in [6, 6.07) is 22.2. The third-order valence-corrected chi connectivity index (χ3v) is 6.81. The molecule has 0 fully saturated rings. The van der Waals surface area contributed by atoms with Crippen molar-refractivity contribution in [2.75, 3.05) is 0 Å². The van der Waals surface area contributed by atoms with Crippen LogP contribution in [-0.4, -0.2) is 0 Å². The van der Waals surface area contributed by atoms with Gasteiger partial charge in [0.05, 0.1) is 10.0 Å². The Hall–Kier alpha value is -1.48. The maximum Gasteiger partial charge on any atom is 0.127 e. The maximum absolute atomic E-state index is 6.25. The summed E-state index contributed by atoms with van der Waals surface area (Å²) in [5.74, 6) is 1.70. The standard InChI is InChI=1S/C25H25BrCl2O/c1-3-25(2,19-9-14-23(27)24(28)17-19)15-5-7-18-6-4-8-22(16-18)29-21-12-10-20(26)11-13-21/h4,6,8-14,16-17H,3,5,7,15H2,1-2H3. The second kappa shape index (κ2) is 10.0. The number of rotatable bonds is 8. The molecule has 29 heavy (non-hydrogen) atoms. The minimum atomic E-state index is 0.0831. The first-order chi connectivity index (χ1) is 13.9. The number of aryl methyl sites for hydroxylation is 1. The van der Waals surface area contributed by atoms with Crippen molar-refractivity contribution >= 4 is 39.1 Å². The van der Waals surface area contributed by atoms with Crippen LogP contribution in [0.3, 0.4) is 0 Å². The number of ether oxygens (including phenoxy) is 1. The van der Waals surface area contributed by atoms with E-state index in [0.29, 0.717) is 10.0 Å². The third-order valence-electron chi connectivity index (χ3n) is 5.54. The monoisotopic (exact) mass is 490 g/mol. The molecule has 0 aliphatic rings. The first-order valence-corrected chi connectivity index (χ1v) is 11.4. The third kappa shape index (κ3) is 6.01. The highest BCUT2D eigenvalue weighted by Gasteiger charge is 2.24. The Kier molecular flexibility index (Phi) is 7.67. The zero-order chi connectivity index (χ0) is 20.9. The van der Waals surface area contributed by atoms with Gasteiger partial charge in [-0.25, -0.2) is 0 Å². The molecule has 0 saturated heterocycles. The van der Waals surface area contributed by atoms with Crippen molar-refractivity contribution in [2.45, 2.75) is 44.9 Å². The van der Waals surface area contributed by atoms with Gasteiger partial charge in [-0.2, -0.15) is 0 Å². The summed E-state index contributed by atoms with van der Waals surface area (Å²) in [5, 5.41) is 1.23. The van der Waals surface area contributed by atoms with Crippen molar-refractivity contribution in [3.05, 3.63) is 92.4 Å². The molecule has 1 atom stereocenters. The van der Waals surface area contributed by atoms with Gasteiger partial charge in [-0.3, -0.25) is 0 Å². The molecule has 3 rings (SSSR count). The Morgan fingerprint density at radius 1 is 0.897 bits per heavy atom. The largest absolute Gasteiger partial charge is 0.457 e. The van der Waals surface area contributed by atoms with Crippen molar-refractivity contribution in [1.82, 2.24) is 0 Å². The summed E-state index contributed by atoms with van der Waals surface area (Å²) in [7, 11) is 0. The molecular formula is C25H25BrCl2O. The Labute approximate surface area is 192 Å². The van der Waals surface area contributed by atoms with Crippen molar-refractivity contribution in [3.8, 4) is 11.5 Å². The Morgan fingerprint density at radius 2 is 1.66 bits per heavy atom. The maximum atomic E-state index is 6.25. The average Bonchev–Trinajstić information content (AvgIpc) is 2.72. The molecule has 0 amide bonds. The molecule has 0 aliphatic carbocycles. The topological polar surface area (TPSA) is 9.23 Å². The van der Waals surface area contributed by atoms with Crippen LogP contribution in [0.25, 0.3) is 0 Å². The molecular weight excluding hydrogens is 467 g/mol. The molecule has 0 bridgehead atoms. The van der Waals surface area contributed by atoms with E-state index in [4.69, 9.17) is 27.9 Å². The van der Waals surface area contributed by atoms with Crippen LogP contribution in [0.15, 0.2) is 71.2 Å². The van der Waals surface area contributed by atoms with Crippen molar-refractivity contribution in [3.63, 3.8) is 0 Å². The summed E-state index contributed by atoms with van der Waals surface area (Å²) < 4.78 is 7.03. The van der Waals surface area contributed by atoms with Crippen molar-refractivity contribution < 1.29 is 4.74 Å². The molecule has 0 radical (unpaired) electrons. The van der Waals surface area contributed by atoms with Crippen LogP contribution in [0, 0.1) is 0 Å². The van der Waals surface area contributed by atoms with Crippen LogP contribution < -0.4 is 4.74 Å². The van der Waals surface area contributed by atoms with Gasteiger partial charge in [0, 0.05) is 4.47 Å². The van der Waals surface area contributed by atoms with E-state index < -0.39 is 0 Å². The second-order valence-corrected chi connectivity index (χ2v) is 9.33. The molecule has 3 aromatic carbocycles. The van der Waals surface area contributed by atoms with E-state index >= 15 is 0 Å². The molecule has 3 aromatic rings. The lowest BCUT2D eigenvalue weighted by molar-refractivity contribution is 0.405. The summed E-state index contributed by atoms with van der Waals surface area (Å²) in [6.45, 7) is 4.54. The Balaban J connectivity index is 1.63. The minimum absolute atomic E-state index is 0.0831. The zero-order valence-corrected chi connectivity index (χ0v) is 19.8.